The van der Waals surface area contributed by atoms with Crippen molar-refractivity contribution >= 4 is 17.1 Å². The molecule has 0 atom stereocenters. The lowest BCUT2D eigenvalue weighted by molar-refractivity contribution is 0.436. The van der Waals surface area contributed by atoms with E-state index in [1.165, 1.54) is 61.2 Å². The molecule has 0 saturated heterocycles. The highest BCUT2D eigenvalue weighted by molar-refractivity contribution is 6.01. The van der Waals surface area contributed by atoms with Gasteiger partial charge in [0.15, 0.2) is 0 Å². The van der Waals surface area contributed by atoms with Crippen molar-refractivity contribution in [3.63, 3.8) is 0 Å². The van der Waals surface area contributed by atoms with Gasteiger partial charge in [-0.25, -0.2) is 0 Å². The van der Waals surface area contributed by atoms with E-state index in [2.05, 4.69) is 290 Å². The first-order valence-corrected chi connectivity index (χ1v) is 26.6. The molecule has 3 nitrogen and oxygen atoms in total. The molecular weight excluding hydrogens is 935 g/mol. The van der Waals surface area contributed by atoms with Crippen LogP contribution < -0.4 is 14.4 Å². The van der Waals surface area contributed by atoms with Crippen LogP contribution in [0.1, 0.15) is 44.5 Å². The fourth-order valence-electron chi connectivity index (χ4n) is 13.8. The van der Waals surface area contributed by atoms with Gasteiger partial charge in [0.2, 0.25) is 0 Å². The molecule has 0 bridgehead atoms. The molecule has 12 aromatic carbocycles. The lowest BCUT2D eigenvalue weighted by Crippen LogP contribution is -2.32. The number of fused-ring (bicyclic) bond motifs is 18. The van der Waals surface area contributed by atoms with Crippen LogP contribution >= 0.6 is 0 Å². The summed E-state index contributed by atoms with van der Waals surface area (Å²) < 4.78 is 13.4. The number of hydrogen-bond acceptors (Lipinski definition) is 3. The Hall–Kier alpha value is -9.96. The molecule has 0 radical (unpaired) electrons. The number of anilines is 3. The van der Waals surface area contributed by atoms with E-state index < -0.39 is 10.8 Å². The van der Waals surface area contributed by atoms with Crippen LogP contribution in [0, 0.1) is 0 Å². The number of ether oxygens (including phenoxy) is 2. The minimum Gasteiger partial charge on any atom is -0.457 e. The quantitative estimate of drug-likeness (QED) is 0.166. The Balaban J connectivity index is 0.914. The molecule has 0 unspecified atom stereocenters. The summed E-state index contributed by atoms with van der Waals surface area (Å²) in [6.45, 7) is 0. The van der Waals surface area contributed by atoms with Gasteiger partial charge in [-0.15, -0.1) is 0 Å². The molecule has 2 aliphatic heterocycles. The summed E-state index contributed by atoms with van der Waals surface area (Å²) in [5.74, 6) is 3.54. The molecule has 77 heavy (non-hydrogen) atoms. The van der Waals surface area contributed by atoms with Gasteiger partial charge in [-0.05, 0) is 115 Å². The van der Waals surface area contributed by atoms with Gasteiger partial charge in [0.1, 0.15) is 23.0 Å². The number of para-hydroxylation sites is 5. The van der Waals surface area contributed by atoms with Crippen molar-refractivity contribution in [2.75, 3.05) is 4.90 Å². The highest BCUT2D eigenvalue weighted by Crippen LogP contribution is 2.66. The predicted octanol–water partition coefficient (Wildman–Crippen LogP) is 19.1. The molecule has 4 aliphatic rings. The van der Waals surface area contributed by atoms with Crippen molar-refractivity contribution < 1.29 is 9.47 Å². The van der Waals surface area contributed by atoms with Gasteiger partial charge >= 0.3 is 0 Å². The van der Waals surface area contributed by atoms with Crippen molar-refractivity contribution in [2.45, 2.75) is 10.8 Å². The van der Waals surface area contributed by atoms with E-state index in [1.54, 1.807) is 0 Å². The average molecular weight is 982 g/mol. The predicted molar refractivity (Wildman–Crippen MR) is 312 cm³/mol. The number of benzene rings is 12. The topological polar surface area (TPSA) is 21.7 Å². The Morgan fingerprint density at radius 3 is 1.13 bits per heavy atom. The van der Waals surface area contributed by atoms with Gasteiger partial charge in [-0.2, -0.15) is 0 Å². The van der Waals surface area contributed by atoms with Gasteiger partial charge in [0.25, 0.3) is 0 Å². The SMILES string of the molecule is c1ccc(-c2ccc(-c3ccccc3N(c3ccc(-c4cccc5c4-c4ccccc4C54c5ccccc5Oc5ccccc54)cc3)c3cccc4c3-c3ccccc3C43c4ccccc4Oc4ccccc43)cc2)cc1. The number of hydrogen-bond donors (Lipinski definition) is 0. The molecule has 0 saturated carbocycles. The van der Waals surface area contributed by atoms with Crippen LogP contribution in [0.5, 0.6) is 23.0 Å². The molecule has 3 heteroatoms. The van der Waals surface area contributed by atoms with Crippen molar-refractivity contribution in [1.82, 2.24) is 0 Å². The van der Waals surface area contributed by atoms with E-state index in [-0.39, 0.29) is 0 Å². The van der Waals surface area contributed by atoms with E-state index in [4.69, 9.17) is 9.47 Å². The Morgan fingerprint density at radius 1 is 0.221 bits per heavy atom. The zero-order chi connectivity index (χ0) is 50.7. The van der Waals surface area contributed by atoms with Crippen LogP contribution in [-0.2, 0) is 10.8 Å². The van der Waals surface area contributed by atoms with Crippen LogP contribution in [0.15, 0.2) is 285 Å². The molecule has 2 aliphatic carbocycles. The smallest absolute Gasteiger partial charge is 0.132 e. The third-order valence-electron chi connectivity index (χ3n) is 16.8. The van der Waals surface area contributed by atoms with E-state index in [9.17, 15) is 0 Å². The molecule has 0 N–H and O–H groups in total. The second-order valence-electron chi connectivity index (χ2n) is 20.6. The van der Waals surface area contributed by atoms with Crippen LogP contribution in [-0.4, -0.2) is 0 Å². The molecule has 0 fully saturated rings. The Kier molecular flexibility index (Phi) is 9.47. The molecule has 360 valence electrons. The Bertz CT molecular complexity index is 4250. The first kappa shape index (κ1) is 43.4. The maximum absolute atomic E-state index is 6.75. The zero-order valence-electron chi connectivity index (χ0n) is 41.9. The van der Waals surface area contributed by atoms with E-state index >= 15 is 0 Å². The summed E-state index contributed by atoms with van der Waals surface area (Å²) in [4.78, 5) is 2.51. The third kappa shape index (κ3) is 6.08. The summed E-state index contributed by atoms with van der Waals surface area (Å²) in [7, 11) is 0. The molecule has 2 heterocycles. The summed E-state index contributed by atoms with van der Waals surface area (Å²) >= 11 is 0. The lowest BCUT2D eigenvalue weighted by Gasteiger charge is -2.39. The second kappa shape index (κ2) is 16.8. The molecule has 12 aromatic rings. The first-order valence-electron chi connectivity index (χ1n) is 26.6. The van der Waals surface area contributed by atoms with Gasteiger partial charge < -0.3 is 14.4 Å². The summed E-state index contributed by atoms with van der Waals surface area (Å²) in [5.41, 5.74) is 23.6. The standard InChI is InChI=1S/C74H47NO2/c1-2-20-48(21-3-1)49-40-42-50(43-41-49)53-22-6-13-34-65(53)75(66-35-19-33-64-72(66)56-24-5-8-27-58(56)74(64)61-30-11-16-38-69(61)77-70-39-17-12-31-62(70)74)52-46-44-51(45-47-52)54-25-18-32-63-71(54)55-23-4-7-26-57(55)73(63)59-28-9-14-36-67(59)76-68-37-15-10-29-60(68)73/h1-47H. The van der Waals surface area contributed by atoms with Crippen molar-refractivity contribution in [3.05, 3.63) is 330 Å². The van der Waals surface area contributed by atoms with Crippen LogP contribution in [0.4, 0.5) is 17.1 Å². The number of nitrogens with zero attached hydrogens (tertiary/aromatic N) is 1. The van der Waals surface area contributed by atoms with Crippen LogP contribution in [0.25, 0.3) is 55.6 Å². The van der Waals surface area contributed by atoms with Crippen molar-refractivity contribution in [3.8, 4) is 78.6 Å². The van der Waals surface area contributed by atoms with Crippen molar-refractivity contribution in [2.24, 2.45) is 0 Å². The summed E-state index contributed by atoms with van der Waals surface area (Å²) in [6, 6.07) is 104. The lowest BCUT2D eigenvalue weighted by atomic mass is 9.66. The van der Waals surface area contributed by atoms with Gasteiger partial charge in [0, 0.05) is 39.1 Å². The molecular formula is C74H47NO2. The maximum atomic E-state index is 6.75. The molecule has 2 spiro atoms. The second-order valence-corrected chi connectivity index (χ2v) is 20.6. The van der Waals surface area contributed by atoms with Crippen LogP contribution in [0.2, 0.25) is 0 Å². The van der Waals surface area contributed by atoms with Gasteiger partial charge in [-0.1, -0.05) is 237 Å². The van der Waals surface area contributed by atoms with E-state index in [1.807, 2.05) is 0 Å². The first-order chi connectivity index (χ1) is 38.2. The van der Waals surface area contributed by atoms with Crippen molar-refractivity contribution in [1.29, 1.82) is 0 Å². The van der Waals surface area contributed by atoms with E-state index in [0.717, 1.165) is 79.0 Å². The highest BCUT2D eigenvalue weighted by atomic mass is 16.5. The minimum absolute atomic E-state index is 0.556. The normalized spacial score (nSPS) is 13.9. The van der Waals surface area contributed by atoms with Gasteiger partial charge in [-0.3, -0.25) is 0 Å². The third-order valence-corrected chi connectivity index (χ3v) is 16.8. The maximum Gasteiger partial charge on any atom is 0.132 e. The molecule has 0 aromatic heterocycles. The summed E-state index contributed by atoms with van der Waals surface area (Å²) in [6.07, 6.45) is 0. The largest absolute Gasteiger partial charge is 0.457 e. The highest BCUT2D eigenvalue weighted by Gasteiger charge is 2.53. The fourth-order valence-corrected chi connectivity index (χ4v) is 13.8. The Morgan fingerprint density at radius 2 is 0.571 bits per heavy atom. The van der Waals surface area contributed by atoms with Gasteiger partial charge in [0.05, 0.1) is 22.2 Å². The fraction of sp³-hybridized carbons (Fsp3) is 0.0270. The Labute approximate surface area is 448 Å². The average Bonchev–Trinajstić information content (AvgIpc) is 3.48. The van der Waals surface area contributed by atoms with Crippen LogP contribution in [0.3, 0.4) is 0 Å². The molecule has 0 amide bonds. The monoisotopic (exact) mass is 981 g/mol. The molecule has 16 rings (SSSR count). The zero-order valence-corrected chi connectivity index (χ0v) is 41.9. The number of rotatable bonds is 6. The minimum atomic E-state index is -0.623. The summed E-state index contributed by atoms with van der Waals surface area (Å²) in [5, 5.41) is 0. The van der Waals surface area contributed by atoms with E-state index in [0.29, 0.717) is 0 Å².